The van der Waals surface area contributed by atoms with Crippen molar-refractivity contribution < 1.29 is 81.4 Å². The fourth-order valence-corrected chi connectivity index (χ4v) is 19.2. The summed E-state index contributed by atoms with van der Waals surface area (Å²) in [6, 6.07) is 126. The summed E-state index contributed by atoms with van der Waals surface area (Å²) in [6.07, 6.45) is 5.67. The molecule has 24 rings (SSSR count). The first kappa shape index (κ1) is 99.3. The zero-order valence-corrected chi connectivity index (χ0v) is 89.9. The molecule has 15 nitrogen and oxygen atoms in total. The molecule has 0 radical (unpaired) electrons. The molecule has 0 bridgehead atoms. The second-order valence-corrected chi connectivity index (χ2v) is 43.0. The molecule has 0 atom stereocenters. The minimum absolute atomic E-state index is 0. The molecule has 0 saturated heterocycles. The molecular formula is C123H102Au3B3N12O3. The molecule has 0 amide bonds. The molecule has 144 heavy (non-hydrogen) atoms. The SMILES string of the molecule is CC(C)(C)c1ccnc(-c2[c-]c3c(cc2)N(c2ccccc2)c2nc(C(C)(C)C)nc4c2B3c2[c-]c(-c3[c-]cccc3)ccc2N4c2ccccc2)c1.CC(C)(C)c1ccnc(-c2[c-]c3c(cc2)Oc2nc(C(C)(C)C)nc4c2B3c2[c-]c(-c3[c-]cccc3)ccc2N4c2ccccc2)c1.CC(C)(C)c1ccnc(-c2[c-]c3c(cc2)Oc2nc(C(C)(C)C)nc4c2B3c2[c-]c(-c3[c-]cccc3)ccc2O4)c1.[Au+3].[Au+3].[Au+3]. The largest absolute Gasteiger partial charge is 3.00 e. The van der Waals surface area contributed by atoms with Gasteiger partial charge < -0.3 is 43.9 Å². The molecule has 0 fully saturated rings. The summed E-state index contributed by atoms with van der Waals surface area (Å²) < 4.78 is 19.6. The molecule has 12 aromatic carbocycles. The zero-order valence-electron chi connectivity index (χ0n) is 83.4. The van der Waals surface area contributed by atoms with Gasteiger partial charge in [-0.3, -0.25) is 0 Å². The second-order valence-electron chi connectivity index (χ2n) is 43.0. The van der Waals surface area contributed by atoms with Gasteiger partial charge in [0.15, 0.2) is 0 Å². The van der Waals surface area contributed by atoms with Crippen LogP contribution in [0, 0.1) is 54.6 Å². The zero-order chi connectivity index (χ0) is 97.5. The van der Waals surface area contributed by atoms with E-state index in [1.54, 1.807) is 0 Å². The van der Waals surface area contributed by atoms with Gasteiger partial charge in [0, 0.05) is 85.5 Å². The maximum absolute atomic E-state index is 6.69. The number of hydrogen-bond donors (Lipinski definition) is 0. The van der Waals surface area contributed by atoms with Crippen LogP contribution in [0.5, 0.6) is 34.9 Å². The van der Waals surface area contributed by atoms with Crippen LogP contribution in [0.15, 0.2) is 292 Å². The Hall–Kier alpha value is -13.5. The van der Waals surface area contributed by atoms with E-state index in [0.717, 1.165) is 185 Å². The molecule has 0 saturated carbocycles. The van der Waals surface area contributed by atoms with Crippen molar-refractivity contribution in [2.75, 3.05) is 14.7 Å². The molecule has 0 unspecified atom stereocenters. The van der Waals surface area contributed by atoms with Crippen molar-refractivity contribution in [2.24, 2.45) is 0 Å². The van der Waals surface area contributed by atoms with E-state index in [1.807, 2.05) is 116 Å². The van der Waals surface area contributed by atoms with Gasteiger partial charge in [-0.1, -0.05) is 197 Å². The molecule has 21 heteroatoms. The summed E-state index contributed by atoms with van der Waals surface area (Å²) in [5, 5.41) is 0. The van der Waals surface area contributed by atoms with Crippen LogP contribution in [-0.2, 0) is 99.6 Å². The monoisotopic (exact) mass is 2420 g/mol. The molecule has 0 spiro atoms. The average Bonchev–Trinajstić information content (AvgIpc) is 0.693. The topological polar surface area (TPSA) is 153 Å². The van der Waals surface area contributed by atoms with E-state index in [1.165, 1.54) is 16.7 Å². The number of hydrogen-bond acceptors (Lipinski definition) is 15. The Morgan fingerprint density at radius 1 is 0.243 bits per heavy atom. The summed E-state index contributed by atoms with van der Waals surface area (Å²) in [5.41, 5.74) is 28.7. The predicted octanol–water partition coefficient (Wildman–Crippen LogP) is 22.8. The van der Waals surface area contributed by atoms with Crippen molar-refractivity contribution in [1.29, 1.82) is 0 Å². The number of aromatic nitrogens is 9. The fraction of sp³-hybridized carbons (Fsp3) is 0.195. The number of ether oxygens (including phenoxy) is 3. The van der Waals surface area contributed by atoms with Gasteiger partial charge in [0.1, 0.15) is 34.9 Å². The van der Waals surface area contributed by atoms with Gasteiger partial charge in [-0.15, -0.1) is 140 Å². The van der Waals surface area contributed by atoms with Crippen LogP contribution in [0.4, 0.5) is 51.6 Å². The maximum Gasteiger partial charge on any atom is 3.00 e. The number of pyridine rings is 3. The normalized spacial score (nSPS) is 13.1. The van der Waals surface area contributed by atoms with E-state index in [2.05, 4.69) is 370 Å². The van der Waals surface area contributed by atoms with Crippen molar-refractivity contribution in [3.8, 4) is 102 Å². The summed E-state index contributed by atoms with van der Waals surface area (Å²) in [7, 11) is 0. The molecule has 714 valence electrons. The number of fused-ring (bicyclic) bond motifs is 12. The van der Waals surface area contributed by atoms with Gasteiger partial charge in [0.05, 0.1) is 0 Å². The minimum Gasteiger partial charge on any atom is -0.488 e. The third-order valence-corrected chi connectivity index (χ3v) is 26.7. The Labute approximate surface area is 893 Å². The molecule has 0 N–H and O–H groups in total. The molecular weight excluding hydrogens is 2320 g/mol. The van der Waals surface area contributed by atoms with Crippen LogP contribution in [0.25, 0.3) is 67.2 Å². The van der Waals surface area contributed by atoms with Crippen molar-refractivity contribution in [1.82, 2.24) is 44.9 Å². The van der Waals surface area contributed by atoms with Gasteiger partial charge >= 0.3 is 67.1 Å². The summed E-state index contributed by atoms with van der Waals surface area (Å²) >= 11 is 0. The van der Waals surface area contributed by atoms with E-state index in [9.17, 15) is 0 Å². The van der Waals surface area contributed by atoms with E-state index in [-0.39, 0.29) is 120 Å². The third kappa shape index (κ3) is 18.7. The number of benzene rings is 12. The van der Waals surface area contributed by atoms with Crippen molar-refractivity contribution in [2.45, 2.75) is 157 Å². The third-order valence-electron chi connectivity index (χ3n) is 26.7. The van der Waals surface area contributed by atoms with Crippen LogP contribution < -0.4 is 78.1 Å². The summed E-state index contributed by atoms with van der Waals surface area (Å²) in [4.78, 5) is 52.3. The molecule has 6 aromatic heterocycles. The quantitative estimate of drug-likeness (QED) is 0.0994. The van der Waals surface area contributed by atoms with Crippen LogP contribution >= 0.6 is 0 Å². The first-order chi connectivity index (χ1) is 67.7. The van der Waals surface area contributed by atoms with Gasteiger partial charge in [-0.05, 0) is 122 Å². The molecule has 12 heterocycles. The predicted molar refractivity (Wildman–Crippen MR) is 571 cm³/mol. The Kier molecular flexibility index (Phi) is 26.6. The van der Waals surface area contributed by atoms with E-state index < -0.39 is 0 Å². The number of nitrogens with zero attached hydrogens (tertiary/aromatic N) is 12. The molecule has 6 aliphatic heterocycles. The van der Waals surface area contributed by atoms with Crippen molar-refractivity contribution in [3.63, 3.8) is 0 Å². The molecule has 18 aromatic rings. The van der Waals surface area contributed by atoms with Crippen molar-refractivity contribution in [3.05, 3.63) is 380 Å². The van der Waals surface area contributed by atoms with E-state index >= 15 is 0 Å². The van der Waals surface area contributed by atoms with Crippen LogP contribution in [-0.4, -0.2) is 65.0 Å². The van der Waals surface area contributed by atoms with Crippen LogP contribution in [0.1, 0.15) is 159 Å². The first-order valence-electron chi connectivity index (χ1n) is 48.2. The van der Waals surface area contributed by atoms with Gasteiger partial charge in [-0.25, -0.2) is 48.3 Å². The Bertz CT molecular complexity index is 7920. The van der Waals surface area contributed by atoms with Crippen molar-refractivity contribution >= 4 is 121 Å². The number of para-hydroxylation sites is 3. The fourth-order valence-electron chi connectivity index (χ4n) is 19.2. The van der Waals surface area contributed by atoms with E-state index in [0.29, 0.717) is 35.0 Å². The Morgan fingerprint density at radius 2 is 0.507 bits per heavy atom. The number of rotatable bonds is 9. The summed E-state index contributed by atoms with van der Waals surface area (Å²) in [6.45, 7) is 38.4. The van der Waals surface area contributed by atoms with Gasteiger partial charge in [-0.2, -0.15) is 124 Å². The van der Waals surface area contributed by atoms with Gasteiger partial charge in [0.2, 0.25) is 37.8 Å². The molecule has 6 aliphatic rings. The summed E-state index contributed by atoms with van der Waals surface area (Å²) in [5.74, 6) is 8.48. The van der Waals surface area contributed by atoms with Gasteiger partial charge in [0.25, 0.3) is 0 Å². The van der Waals surface area contributed by atoms with Crippen LogP contribution in [0.2, 0.25) is 0 Å². The Morgan fingerprint density at radius 3 is 0.833 bits per heavy atom. The Balaban J connectivity index is 0.000000136. The molecule has 0 aliphatic carbocycles. The van der Waals surface area contributed by atoms with E-state index in [4.69, 9.17) is 59.1 Å². The smallest absolute Gasteiger partial charge is 0.488 e. The second kappa shape index (κ2) is 38.6. The standard InChI is InChI=1S/C47H39BN5.C41H34BN4O.C35H29BN3O2.3Au/c1-46(2,3)34-26-27-49-39(30-34)33-23-25-41-38(29-33)48-37-28-32(31-16-10-7-11-17-31)22-24-40(37)52(35-18-12-8-13-19-35)43-42(48)44(51-45(50-43)47(4,5)6)53(41)36-20-14-9-15-21-36;1-40(2,3)29-21-22-43-33(25-29)28-18-20-35-32(24-28)42-31-23-27(26-13-9-7-10-14-26)17-19-34(31)46(30-15-11-8-12-16-30)37-36(42)38(47-35)45-39(44-37)41(4,5)6;1-34(2,3)24-16-17-37-27(20-24)23-13-15-29-26(19-23)36-25-18-22(21-10-8-7-9-11-21)12-14-28(25)40-31-30(36)32(41-29)39-33(38-31)35(4,5)6;;;/h7-16,18-27,30H,1-6H3;7-13,15-22,25H,1-6H3;7-10,12-17,20H,1-6H3;;;/q3*-3;3*+3. The minimum atomic E-state index is -0.314. The first-order valence-corrected chi connectivity index (χ1v) is 48.2. The van der Waals surface area contributed by atoms with Crippen LogP contribution in [0.3, 0.4) is 0 Å². The number of anilines is 9. The average molecular weight is 2420 g/mol. The maximum atomic E-state index is 6.69.